The molecule has 0 unspecified atom stereocenters. The van der Waals surface area contributed by atoms with Gasteiger partial charge in [-0.3, -0.25) is 4.79 Å². The molecule has 0 saturated heterocycles. The molecule has 0 saturated carbocycles. The number of benzene rings is 2. The Balaban J connectivity index is 2.03. The normalized spacial score (nSPS) is 11.2. The van der Waals surface area contributed by atoms with E-state index in [9.17, 15) is 9.59 Å². The Bertz CT molecular complexity index is 733. The Morgan fingerprint density at radius 2 is 1.79 bits per heavy atom. The van der Waals surface area contributed by atoms with Crippen LogP contribution >= 0.6 is 0 Å². The minimum Gasteiger partial charge on any atom is -0.467 e. The number of carbonyl (C=O) groups excluding carboxylic acids is 2. The second kappa shape index (κ2) is 8.49. The molecule has 5 heteroatoms. The Morgan fingerprint density at radius 3 is 2.38 bits per heavy atom. The Kier molecular flexibility index (Phi) is 6.09. The van der Waals surface area contributed by atoms with E-state index in [4.69, 9.17) is 10.00 Å². The molecular weight excluding hydrogens is 304 g/mol. The number of esters is 1. The number of nitrogens with zero attached hydrogens (tertiary/aromatic N) is 1. The van der Waals surface area contributed by atoms with Crippen molar-refractivity contribution in [3.63, 3.8) is 0 Å². The predicted molar refractivity (Wildman–Crippen MR) is 89.2 cm³/mol. The van der Waals surface area contributed by atoms with Crippen molar-refractivity contribution in [3.05, 3.63) is 71.3 Å². The number of methoxy groups -OCH3 is 1. The fourth-order valence-electron chi connectivity index (χ4n) is 2.28. The monoisotopic (exact) mass is 322 g/mol. The third-order valence-corrected chi connectivity index (χ3v) is 3.63. The van der Waals surface area contributed by atoms with Gasteiger partial charge in [-0.2, -0.15) is 5.26 Å². The van der Waals surface area contributed by atoms with Crippen LogP contribution in [-0.4, -0.2) is 25.0 Å². The fourth-order valence-corrected chi connectivity index (χ4v) is 2.28. The van der Waals surface area contributed by atoms with Crippen molar-refractivity contribution in [3.8, 4) is 6.07 Å². The number of hydrogen-bond acceptors (Lipinski definition) is 4. The highest BCUT2D eigenvalue weighted by molar-refractivity contribution is 5.96. The molecule has 0 aliphatic rings. The van der Waals surface area contributed by atoms with Gasteiger partial charge in [0.2, 0.25) is 0 Å². The lowest BCUT2D eigenvalue weighted by atomic mass is 10.0. The second-order valence-electron chi connectivity index (χ2n) is 5.26. The van der Waals surface area contributed by atoms with E-state index in [0.717, 1.165) is 5.56 Å². The summed E-state index contributed by atoms with van der Waals surface area (Å²) in [4.78, 5) is 24.2. The average Bonchev–Trinajstić information content (AvgIpc) is 2.65. The van der Waals surface area contributed by atoms with Crippen LogP contribution in [0.4, 0.5) is 0 Å². The van der Waals surface area contributed by atoms with E-state index in [1.807, 2.05) is 36.4 Å². The van der Waals surface area contributed by atoms with Crippen molar-refractivity contribution in [2.45, 2.75) is 18.9 Å². The molecule has 1 amide bonds. The number of nitrogens with one attached hydrogen (secondary N) is 1. The molecule has 5 nitrogen and oxygen atoms in total. The Morgan fingerprint density at radius 1 is 1.12 bits per heavy atom. The SMILES string of the molecule is COC(=O)[C@H](CCc1ccccc1)NC(=O)c1ccc(C#N)cc1. The van der Waals surface area contributed by atoms with Crippen LogP contribution in [0.2, 0.25) is 0 Å². The van der Waals surface area contributed by atoms with Gasteiger partial charge in [-0.1, -0.05) is 30.3 Å². The average molecular weight is 322 g/mol. The van der Waals surface area contributed by atoms with Gasteiger partial charge in [0.25, 0.3) is 5.91 Å². The van der Waals surface area contributed by atoms with Gasteiger partial charge < -0.3 is 10.1 Å². The fraction of sp³-hybridized carbons (Fsp3) is 0.211. The minimum atomic E-state index is -0.724. The van der Waals surface area contributed by atoms with Crippen molar-refractivity contribution in [2.75, 3.05) is 7.11 Å². The molecule has 2 aromatic carbocycles. The van der Waals surface area contributed by atoms with Gasteiger partial charge in [-0.15, -0.1) is 0 Å². The van der Waals surface area contributed by atoms with Gasteiger partial charge in [-0.25, -0.2) is 4.79 Å². The van der Waals surface area contributed by atoms with Crippen LogP contribution in [0.5, 0.6) is 0 Å². The van der Waals surface area contributed by atoms with Gasteiger partial charge in [0.05, 0.1) is 18.7 Å². The van der Waals surface area contributed by atoms with Gasteiger partial charge in [0.1, 0.15) is 6.04 Å². The molecule has 24 heavy (non-hydrogen) atoms. The highest BCUT2D eigenvalue weighted by Crippen LogP contribution is 2.08. The summed E-state index contributed by atoms with van der Waals surface area (Å²) in [6.45, 7) is 0. The second-order valence-corrected chi connectivity index (χ2v) is 5.26. The predicted octanol–water partition coefficient (Wildman–Crippen LogP) is 2.46. The van der Waals surface area contributed by atoms with Crippen LogP contribution in [0.3, 0.4) is 0 Å². The van der Waals surface area contributed by atoms with Gasteiger partial charge in [0, 0.05) is 5.56 Å². The molecule has 0 spiro atoms. The topological polar surface area (TPSA) is 79.2 Å². The van der Waals surface area contributed by atoms with Crippen LogP contribution < -0.4 is 5.32 Å². The number of aryl methyl sites for hydroxylation is 1. The molecule has 2 aromatic rings. The summed E-state index contributed by atoms with van der Waals surface area (Å²) < 4.78 is 4.78. The number of rotatable bonds is 6. The summed E-state index contributed by atoms with van der Waals surface area (Å²) in [5.41, 5.74) is 1.95. The highest BCUT2D eigenvalue weighted by atomic mass is 16.5. The maximum Gasteiger partial charge on any atom is 0.328 e. The first kappa shape index (κ1) is 17.2. The molecular formula is C19H18N2O3. The van der Waals surface area contributed by atoms with Crippen molar-refractivity contribution in [1.29, 1.82) is 5.26 Å². The number of amides is 1. The molecule has 2 rings (SSSR count). The molecule has 0 bridgehead atoms. The zero-order valence-corrected chi connectivity index (χ0v) is 13.4. The number of carbonyl (C=O) groups is 2. The van der Waals surface area contributed by atoms with E-state index in [2.05, 4.69) is 5.32 Å². The van der Waals surface area contributed by atoms with Gasteiger partial charge in [-0.05, 0) is 42.7 Å². The quantitative estimate of drug-likeness (QED) is 0.829. The van der Waals surface area contributed by atoms with Crippen LogP contribution in [0, 0.1) is 11.3 Å². The van der Waals surface area contributed by atoms with Crippen molar-refractivity contribution >= 4 is 11.9 Å². The molecule has 0 heterocycles. The maximum absolute atomic E-state index is 12.3. The molecule has 0 aromatic heterocycles. The first-order valence-corrected chi connectivity index (χ1v) is 7.57. The lowest BCUT2D eigenvalue weighted by Crippen LogP contribution is -2.41. The molecule has 0 aliphatic carbocycles. The van der Waals surface area contributed by atoms with Gasteiger partial charge in [0.15, 0.2) is 0 Å². The van der Waals surface area contributed by atoms with Crippen LogP contribution in [-0.2, 0) is 16.0 Å². The van der Waals surface area contributed by atoms with E-state index in [0.29, 0.717) is 24.0 Å². The summed E-state index contributed by atoms with van der Waals surface area (Å²) in [7, 11) is 1.30. The van der Waals surface area contributed by atoms with Crippen molar-refractivity contribution in [1.82, 2.24) is 5.32 Å². The lowest BCUT2D eigenvalue weighted by molar-refractivity contribution is -0.143. The Labute approximate surface area is 140 Å². The van der Waals surface area contributed by atoms with E-state index in [1.54, 1.807) is 24.3 Å². The minimum absolute atomic E-state index is 0.372. The number of ether oxygens (including phenoxy) is 1. The summed E-state index contributed by atoms with van der Waals surface area (Å²) in [5.74, 6) is -0.851. The zero-order valence-electron chi connectivity index (χ0n) is 13.4. The summed E-state index contributed by atoms with van der Waals surface area (Å²) in [6.07, 6.45) is 1.09. The third kappa shape index (κ3) is 4.68. The smallest absolute Gasteiger partial charge is 0.328 e. The summed E-state index contributed by atoms with van der Waals surface area (Å²) in [6, 6.07) is 17.2. The summed E-state index contributed by atoms with van der Waals surface area (Å²) in [5, 5.41) is 11.5. The molecule has 1 N–H and O–H groups in total. The molecule has 0 aliphatic heterocycles. The molecule has 0 fully saturated rings. The zero-order chi connectivity index (χ0) is 17.4. The first-order valence-electron chi connectivity index (χ1n) is 7.57. The summed E-state index contributed by atoms with van der Waals surface area (Å²) >= 11 is 0. The van der Waals surface area contributed by atoms with E-state index >= 15 is 0 Å². The molecule has 0 radical (unpaired) electrons. The van der Waals surface area contributed by atoms with Crippen molar-refractivity contribution in [2.24, 2.45) is 0 Å². The first-order chi connectivity index (χ1) is 11.6. The van der Waals surface area contributed by atoms with Gasteiger partial charge >= 0.3 is 5.97 Å². The lowest BCUT2D eigenvalue weighted by Gasteiger charge is -2.16. The van der Waals surface area contributed by atoms with E-state index < -0.39 is 12.0 Å². The number of hydrogen-bond donors (Lipinski definition) is 1. The van der Waals surface area contributed by atoms with Crippen LogP contribution in [0.1, 0.15) is 27.9 Å². The largest absolute Gasteiger partial charge is 0.467 e. The maximum atomic E-state index is 12.3. The van der Waals surface area contributed by atoms with E-state index in [-0.39, 0.29) is 5.91 Å². The standard InChI is InChI=1S/C19H18N2O3/c1-24-19(23)17(12-9-14-5-3-2-4-6-14)21-18(22)16-10-7-15(13-20)8-11-16/h2-8,10-11,17H,9,12H2,1H3,(H,21,22)/t17-/m0/s1. The molecule has 122 valence electrons. The van der Waals surface area contributed by atoms with Crippen LogP contribution in [0.25, 0.3) is 0 Å². The van der Waals surface area contributed by atoms with E-state index in [1.165, 1.54) is 7.11 Å². The molecule has 1 atom stereocenters. The number of nitriles is 1. The highest BCUT2D eigenvalue weighted by Gasteiger charge is 2.22. The third-order valence-electron chi connectivity index (χ3n) is 3.63. The Hall–Kier alpha value is -3.13. The van der Waals surface area contributed by atoms with Crippen molar-refractivity contribution < 1.29 is 14.3 Å². The van der Waals surface area contributed by atoms with Crippen LogP contribution in [0.15, 0.2) is 54.6 Å².